The first-order valence-corrected chi connectivity index (χ1v) is 12.8. The molecule has 3 aromatic rings. The highest BCUT2D eigenvalue weighted by Crippen LogP contribution is 2.40. The Bertz CT molecular complexity index is 1420. The number of amides is 2. The summed E-state index contributed by atoms with van der Waals surface area (Å²) in [5.74, 6) is 0.778. The average Bonchev–Trinajstić information content (AvgIpc) is 3.27. The van der Waals surface area contributed by atoms with Gasteiger partial charge >= 0.3 is 0 Å². The van der Waals surface area contributed by atoms with Gasteiger partial charge in [-0.25, -0.2) is 0 Å². The van der Waals surface area contributed by atoms with Crippen molar-refractivity contribution in [3.05, 3.63) is 71.7 Å². The summed E-state index contributed by atoms with van der Waals surface area (Å²) in [6.45, 7) is 9.29. The van der Waals surface area contributed by atoms with Crippen molar-refractivity contribution in [3.63, 3.8) is 0 Å². The number of ether oxygens (including phenoxy) is 2. The van der Waals surface area contributed by atoms with E-state index in [0.717, 1.165) is 17.0 Å². The molecule has 10 heteroatoms. The number of carbonyl (C=O) groups is 2. The zero-order valence-corrected chi connectivity index (χ0v) is 22.3. The van der Waals surface area contributed by atoms with Crippen LogP contribution in [0.25, 0.3) is 11.3 Å². The molecule has 2 aliphatic rings. The van der Waals surface area contributed by atoms with Crippen molar-refractivity contribution in [2.24, 2.45) is 5.41 Å². The lowest BCUT2D eigenvalue weighted by molar-refractivity contribution is -0.148. The van der Waals surface area contributed by atoms with E-state index >= 15 is 0 Å². The molecule has 2 amide bonds. The molecule has 1 aromatic carbocycles. The van der Waals surface area contributed by atoms with Gasteiger partial charge in [0.1, 0.15) is 12.4 Å². The zero-order valence-electron chi connectivity index (χ0n) is 21.6. The molecule has 198 valence electrons. The summed E-state index contributed by atoms with van der Waals surface area (Å²) in [4.78, 5) is 31.1. The van der Waals surface area contributed by atoms with E-state index in [1.54, 1.807) is 30.5 Å². The fourth-order valence-electron chi connectivity index (χ4n) is 5.14. The second-order valence-corrected chi connectivity index (χ2v) is 10.4. The van der Waals surface area contributed by atoms with Crippen LogP contribution in [0.1, 0.15) is 29.9 Å². The van der Waals surface area contributed by atoms with Gasteiger partial charge in [0, 0.05) is 36.7 Å². The van der Waals surface area contributed by atoms with Gasteiger partial charge in [0.05, 0.1) is 47.0 Å². The van der Waals surface area contributed by atoms with Gasteiger partial charge in [-0.05, 0) is 30.3 Å². The van der Waals surface area contributed by atoms with Gasteiger partial charge in [-0.3, -0.25) is 24.7 Å². The molecule has 2 N–H and O–H groups in total. The van der Waals surface area contributed by atoms with E-state index in [4.69, 9.17) is 21.1 Å². The molecular formula is C28H30ClN5O4. The van der Waals surface area contributed by atoms with Crippen LogP contribution in [-0.4, -0.2) is 59.2 Å². The molecule has 38 heavy (non-hydrogen) atoms. The Kier molecular flexibility index (Phi) is 6.79. The highest BCUT2D eigenvalue weighted by Gasteiger charge is 2.47. The number of nitrogens with zero attached hydrogens (tertiary/aromatic N) is 3. The average molecular weight is 536 g/mol. The van der Waals surface area contributed by atoms with Crippen molar-refractivity contribution in [3.8, 4) is 22.8 Å². The van der Waals surface area contributed by atoms with Crippen LogP contribution in [0, 0.1) is 5.41 Å². The van der Waals surface area contributed by atoms with Crippen LogP contribution < -0.4 is 20.2 Å². The third-order valence-corrected chi connectivity index (χ3v) is 7.47. The highest BCUT2D eigenvalue weighted by molar-refractivity contribution is 6.32. The molecule has 0 unspecified atom stereocenters. The maximum absolute atomic E-state index is 12.8. The number of nitrogens with one attached hydrogen (secondary N) is 2. The first-order valence-electron chi connectivity index (χ1n) is 12.4. The summed E-state index contributed by atoms with van der Waals surface area (Å²) < 4.78 is 13.7. The molecule has 5 rings (SSSR count). The number of para-hydroxylation sites is 1. The first kappa shape index (κ1) is 25.7. The fraction of sp³-hybridized carbons (Fsp3) is 0.321. The monoisotopic (exact) mass is 535 g/mol. The number of hydrogen-bond donors (Lipinski definition) is 2. The van der Waals surface area contributed by atoms with Crippen molar-refractivity contribution < 1.29 is 19.1 Å². The maximum atomic E-state index is 12.8. The molecule has 0 spiro atoms. The number of likely N-dealkylation sites (tertiary alicyclic amines) is 1. The standard InChI is InChI=1S/C28H30ClN5O4/c1-5-25(35)33-16-28(2,3)24(33)15-38-23-14-30-11-9-17(23)22-13-18-21(10-12-31-27(18)36)34(22)32-20-8-6-7-19(29)26(20)37-4/h5-9,11,13-14,24,32H,1,10,12,15-16H2,2-4H3,(H,31,36)/t24-/m0/s1. The van der Waals surface area contributed by atoms with Crippen LogP contribution in [0.15, 0.2) is 55.4 Å². The van der Waals surface area contributed by atoms with E-state index in [-0.39, 0.29) is 23.3 Å². The predicted octanol–water partition coefficient (Wildman–Crippen LogP) is 4.18. The van der Waals surface area contributed by atoms with Gasteiger partial charge in [0.2, 0.25) is 5.91 Å². The van der Waals surface area contributed by atoms with E-state index < -0.39 is 0 Å². The van der Waals surface area contributed by atoms with E-state index in [1.807, 2.05) is 28.9 Å². The molecule has 0 saturated carbocycles. The highest BCUT2D eigenvalue weighted by atomic mass is 35.5. The zero-order chi connectivity index (χ0) is 27.0. The molecule has 0 aliphatic carbocycles. The van der Waals surface area contributed by atoms with Crippen LogP contribution in [0.3, 0.4) is 0 Å². The number of anilines is 1. The Morgan fingerprint density at radius 3 is 2.89 bits per heavy atom. The number of methoxy groups -OCH3 is 1. The third kappa shape index (κ3) is 4.47. The SMILES string of the molecule is C=CC(=O)N1CC(C)(C)[C@@H]1COc1cnccc1-c1cc2c(n1Nc1cccc(Cl)c1OC)CCNC2=O. The Hall–Kier alpha value is -3.98. The fourth-order valence-corrected chi connectivity index (χ4v) is 5.39. The number of hydrogen-bond acceptors (Lipinski definition) is 6. The molecule has 1 saturated heterocycles. The van der Waals surface area contributed by atoms with Crippen molar-refractivity contribution in [2.45, 2.75) is 26.3 Å². The molecule has 2 aliphatic heterocycles. The Morgan fingerprint density at radius 2 is 2.16 bits per heavy atom. The second-order valence-electron chi connectivity index (χ2n) is 10.0. The normalized spacial score (nSPS) is 17.6. The number of aromatic nitrogens is 2. The smallest absolute Gasteiger partial charge is 0.253 e. The van der Waals surface area contributed by atoms with Crippen LogP contribution in [-0.2, 0) is 11.2 Å². The Labute approximate surface area is 226 Å². The Morgan fingerprint density at radius 1 is 1.34 bits per heavy atom. The maximum Gasteiger partial charge on any atom is 0.253 e. The van der Waals surface area contributed by atoms with Gasteiger partial charge < -0.3 is 19.7 Å². The van der Waals surface area contributed by atoms with Crippen LogP contribution >= 0.6 is 11.6 Å². The van der Waals surface area contributed by atoms with E-state index in [9.17, 15) is 9.59 Å². The van der Waals surface area contributed by atoms with E-state index in [2.05, 4.69) is 36.2 Å². The van der Waals surface area contributed by atoms with Crippen molar-refractivity contribution in [2.75, 3.05) is 32.2 Å². The minimum atomic E-state index is -0.141. The lowest BCUT2D eigenvalue weighted by Gasteiger charge is -2.53. The molecule has 1 fully saturated rings. The number of rotatable bonds is 8. The van der Waals surface area contributed by atoms with E-state index in [1.165, 1.54) is 6.08 Å². The molecule has 9 nitrogen and oxygen atoms in total. The lowest BCUT2D eigenvalue weighted by Crippen LogP contribution is -2.65. The van der Waals surface area contributed by atoms with Crippen molar-refractivity contribution >= 4 is 29.1 Å². The minimum absolute atomic E-state index is 0.0941. The number of halogens is 1. The summed E-state index contributed by atoms with van der Waals surface area (Å²) in [6.07, 6.45) is 5.29. The van der Waals surface area contributed by atoms with Crippen molar-refractivity contribution in [1.29, 1.82) is 0 Å². The van der Waals surface area contributed by atoms with Crippen LogP contribution in [0.2, 0.25) is 5.02 Å². The summed E-state index contributed by atoms with van der Waals surface area (Å²) in [5.41, 5.74) is 6.83. The Balaban J connectivity index is 1.53. The summed E-state index contributed by atoms with van der Waals surface area (Å²) in [7, 11) is 1.56. The van der Waals surface area contributed by atoms with Gasteiger partial charge in [0.15, 0.2) is 5.75 Å². The summed E-state index contributed by atoms with van der Waals surface area (Å²) in [6, 6.07) is 9.02. The second kappa shape index (κ2) is 10.1. The van der Waals surface area contributed by atoms with Gasteiger partial charge in [0.25, 0.3) is 5.91 Å². The third-order valence-electron chi connectivity index (χ3n) is 7.17. The van der Waals surface area contributed by atoms with Crippen LogP contribution in [0.5, 0.6) is 11.5 Å². The molecule has 0 bridgehead atoms. The molecular weight excluding hydrogens is 506 g/mol. The molecule has 1 atom stereocenters. The van der Waals surface area contributed by atoms with Crippen molar-refractivity contribution in [1.82, 2.24) is 19.9 Å². The van der Waals surface area contributed by atoms with Gasteiger partial charge in [-0.1, -0.05) is 38.1 Å². The predicted molar refractivity (Wildman–Crippen MR) is 146 cm³/mol. The number of benzene rings is 1. The van der Waals surface area contributed by atoms with Crippen LogP contribution in [0.4, 0.5) is 5.69 Å². The molecule has 2 aromatic heterocycles. The molecule has 0 radical (unpaired) electrons. The summed E-state index contributed by atoms with van der Waals surface area (Å²) >= 11 is 6.38. The van der Waals surface area contributed by atoms with Gasteiger partial charge in [-0.2, -0.15) is 0 Å². The molecule has 4 heterocycles. The lowest BCUT2D eigenvalue weighted by atomic mass is 9.75. The van der Waals surface area contributed by atoms with E-state index in [0.29, 0.717) is 53.9 Å². The topological polar surface area (TPSA) is 97.7 Å². The largest absolute Gasteiger partial charge is 0.493 e. The first-order chi connectivity index (χ1) is 18.2. The number of fused-ring (bicyclic) bond motifs is 1. The summed E-state index contributed by atoms with van der Waals surface area (Å²) in [5, 5.41) is 3.38. The number of pyridine rings is 1. The minimum Gasteiger partial charge on any atom is -0.493 e. The number of carbonyl (C=O) groups excluding carboxylic acids is 2. The van der Waals surface area contributed by atoms with Gasteiger partial charge in [-0.15, -0.1) is 0 Å². The quantitative estimate of drug-likeness (QED) is 0.420.